The highest BCUT2D eigenvalue weighted by Crippen LogP contribution is 2.23. The second-order valence-corrected chi connectivity index (χ2v) is 8.47. The number of carbonyl (C=O) groups is 2. The van der Waals surface area contributed by atoms with Crippen molar-refractivity contribution >= 4 is 29.9 Å². The number of benzene rings is 1. The van der Waals surface area contributed by atoms with Crippen LogP contribution in [0.3, 0.4) is 0 Å². The molecule has 1 aromatic carbocycles. The van der Waals surface area contributed by atoms with Gasteiger partial charge in [-0.2, -0.15) is 0 Å². The molecule has 1 heterocycles. The molecule has 0 unspecified atom stereocenters. The molecule has 6 nitrogen and oxygen atoms in total. The quantitative estimate of drug-likeness (QED) is 0.483. The van der Waals surface area contributed by atoms with E-state index in [1.807, 2.05) is 45.1 Å². The van der Waals surface area contributed by atoms with E-state index in [2.05, 4.69) is 4.98 Å². The fourth-order valence-electron chi connectivity index (χ4n) is 3.19. The lowest BCUT2D eigenvalue weighted by molar-refractivity contribution is -0.143. The summed E-state index contributed by atoms with van der Waals surface area (Å²) in [5.41, 5.74) is 0.0834. The monoisotopic (exact) mass is 486 g/mol. The molecule has 0 fully saturated rings. The largest absolute Gasteiger partial charge is 0.466 e. The second kappa shape index (κ2) is 14.9. The van der Waals surface area contributed by atoms with Crippen molar-refractivity contribution in [3.8, 4) is 0 Å². The van der Waals surface area contributed by atoms with Crippen molar-refractivity contribution in [1.82, 2.24) is 4.98 Å². The highest BCUT2D eigenvalue weighted by atomic mass is 19.1. The number of aromatic nitrogens is 1. The highest BCUT2D eigenvalue weighted by molar-refractivity contribution is 5.88. The van der Waals surface area contributed by atoms with Gasteiger partial charge in [-0.3, -0.25) is 14.7 Å². The zero-order valence-electron chi connectivity index (χ0n) is 22.1. The number of pyridine rings is 1. The number of rotatable bonds is 8. The van der Waals surface area contributed by atoms with E-state index in [1.165, 1.54) is 11.0 Å². The number of nitrogens with zero attached hydrogens (tertiary/aromatic N) is 2. The molecule has 0 aliphatic rings. The summed E-state index contributed by atoms with van der Waals surface area (Å²) >= 11 is 0. The Morgan fingerprint density at radius 3 is 2.49 bits per heavy atom. The lowest BCUT2D eigenvalue weighted by Crippen LogP contribution is -2.38. The maximum Gasteiger partial charge on any atom is 0.414 e. The van der Waals surface area contributed by atoms with Crippen LogP contribution in [-0.2, 0) is 20.7 Å². The average Bonchev–Trinajstić information content (AvgIpc) is 2.81. The number of carbonyl (C=O) groups excluding carboxylic acids is 2. The summed E-state index contributed by atoms with van der Waals surface area (Å²) in [5.74, 6) is -0.855. The van der Waals surface area contributed by atoms with Crippen molar-refractivity contribution in [3.05, 3.63) is 58.5 Å². The van der Waals surface area contributed by atoms with E-state index >= 15 is 0 Å². The summed E-state index contributed by atoms with van der Waals surface area (Å²) in [5, 5.41) is 1.82. The van der Waals surface area contributed by atoms with Crippen LogP contribution in [-0.4, -0.2) is 35.8 Å². The number of aryl methyl sites for hydroxylation is 1. The van der Waals surface area contributed by atoms with Crippen LogP contribution in [0, 0.1) is 5.82 Å². The Kier molecular flexibility index (Phi) is 12.7. The Morgan fingerprint density at radius 1 is 1.17 bits per heavy atom. The smallest absolute Gasteiger partial charge is 0.414 e. The SMILES string of the molecule is C/C=c1/cccn/c1=C/CCN(C(=O)OC(C)(C)C)c1ccc(CCC(=O)OCC)c(F)c1.CC. The molecule has 1 aromatic heterocycles. The summed E-state index contributed by atoms with van der Waals surface area (Å²) < 4.78 is 25.2. The predicted molar refractivity (Wildman–Crippen MR) is 139 cm³/mol. The van der Waals surface area contributed by atoms with Gasteiger partial charge in [-0.05, 0) is 76.4 Å². The molecule has 0 spiro atoms. The van der Waals surface area contributed by atoms with Gasteiger partial charge in [0.2, 0.25) is 0 Å². The summed E-state index contributed by atoms with van der Waals surface area (Å²) in [6, 6.07) is 8.39. The highest BCUT2D eigenvalue weighted by Gasteiger charge is 2.24. The van der Waals surface area contributed by atoms with Crippen molar-refractivity contribution in [2.75, 3.05) is 18.1 Å². The van der Waals surface area contributed by atoms with Crippen molar-refractivity contribution in [2.45, 2.75) is 73.3 Å². The first-order chi connectivity index (χ1) is 16.6. The third-order valence-electron chi connectivity index (χ3n) is 4.74. The van der Waals surface area contributed by atoms with E-state index in [9.17, 15) is 14.0 Å². The Hall–Kier alpha value is -3.22. The minimum absolute atomic E-state index is 0.0930. The molecule has 2 rings (SSSR count). The van der Waals surface area contributed by atoms with E-state index < -0.39 is 17.5 Å². The van der Waals surface area contributed by atoms with E-state index in [1.54, 1.807) is 46.0 Å². The zero-order valence-corrected chi connectivity index (χ0v) is 22.1. The van der Waals surface area contributed by atoms with Gasteiger partial charge in [0, 0.05) is 24.8 Å². The van der Waals surface area contributed by atoms with Gasteiger partial charge in [-0.25, -0.2) is 9.18 Å². The van der Waals surface area contributed by atoms with Crippen LogP contribution >= 0.6 is 0 Å². The molecule has 2 aromatic rings. The fourth-order valence-corrected chi connectivity index (χ4v) is 3.19. The number of esters is 1. The molecule has 0 bridgehead atoms. The molecule has 1 amide bonds. The summed E-state index contributed by atoms with van der Waals surface area (Å²) in [6.07, 6.45) is 5.89. The van der Waals surface area contributed by atoms with E-state index in [4.69, 9.17) is 9.47 Å². The molecule has 192 valence electrons. The van der Waals surface area contributed by atoms with Gasteiger partial charge in [0.05, 0.1) is 12.0 Å². The zero-order chi connectivity index (χ0) is 26.4. The lowest BCUT2D eigenvalue weighted by Gasteiger charge is -2.27. The van der Waals surface area contributed by atoms with Gasteiger partial charge >= 0.3 is 12.1 Å². The van der Waals surface area contributed by atoms with Crippen molar-refractivity contribution in [3.63, 3.8) is 0 Å². The Balaban J connectivity index is 0.00000298. The van der Waals surface area contributed by atoms with E-state index in [0.29, 0.717) is 24.3 Å². The molecular weight excluding hydrogens is 447 g/mol. The number of hydrogen-bond acceptors (Lipinski definition) is 5. The van der Waals surface area contributed by atoms with Gasteiger partial charge in [0.1, 0.15) is 11.4 Å². The Bertz CT molecular complexity index is 1080. The molecule has 0 saturated heterocycles. The minimum atomic E-state index is -0.692. The molecule has 0 atom stereocenters. The van der Waals surface area contributed by atoms with Gasteiger partial charge in [0.15, 0.2) is 0 Å². The van der Waals surface area contributed by atoms with Gasteiger partial charge < -0.3 is 9.47 Å². The van der Waals surface area contributed by atoms with Crippen LogP contribution in [0.5, 0.6) is 0 Å². The Morgan fingerprint density at radius 2 is 1.89 bits per heavy atom. The van der Waals surface area contributed by atoms with E-state index in [0.717, 1.165) is 10.6 Å². The fraction of sp³-hybridized carbons (Fsp3) is 0.464. The maximum absolute atomic E-state index is 14.8. The predicted octanol–water partition coefficient (Wildman–Crippen LogP) is 5.16. The molecule has 7 heteroatoms. The number of amides is 1. The summed E-state index contributed by atoms with van der Waals surface area (Å²) in [6.45, 7) is 13.6. The van der Waals surface area contributed by atoms with Gasteiger partial charge in [0.25, 0.3) is 0 Å². The average molecular weight is 487 g/mol. The van der Waals surface area contributed by atoms with Crippen molar-refractivity contribution in [2.24, 2.45) is 0 Å². The molecule has 0 N–H and O–H groups in total. The van der Waals surface area contributed by atoms with Gasteiger partial charge in [-0.1, -0.05) is 38.1 Å². The van der Waals surface area contributed by atoms with Crippen molar-refractivity contribution in [1.29, 1.82) is 0 Å². The number of ether oxygens (including phenoxy) is 2. The van der Waals surface area contributed by atoms with Crippen molar-refractivity contribution < 1.29 is 23.5 Å². The number of halogens is 1. The van der Waals surface area contributed by atoms with Crippen LogP contribution in [0.15, 0.2) is 36.5 Å². The van der Waals surface area contributed by atoms with Crippen LogP contribution in [0.4, 0.5) is 14.9 Å². The van der Waals surface area contributed by atoms with Crippen LogP contribution in [0.25, 0.3) is 12.2 Å². The third kappa shape index (κ3) is 10.3. The first-order valence-electron chi connectivity index (χ1n) is 12.2. The maximum atomic E-state index is 14.8. The van der Waals surface area contributed by atoms with Crippen LogP contribution in [0.2, 0.25) is 0 Å². The molecule has 0 aliphatic heterocycles. The summed E-state index contributed by atoms with van der Waals surface area (Å²) in [7, 11) is 0. The van der Waals surface area contributed by atoms with E-state index in [-0.39, 0.29) is 25.4 Å². The summed E-state index contributed by atoms with van der Waals surface area (Å²) in [4.78, 5) is 30.3. The molecule has 35 heavy (non-hydrogen) atoms. The van der Waals surface area contributed by atoms with Gasteiger partial charge in [-0.15, -0.1) is 0 Å². The normalized spacial score (nSPS) is 12.0. The molecule has 0 radical (unpaired) electrons. The third-order valence-corrected chi connectivity index (χ3v) is 4.74. The number of hydrogen-bond donors (Lipinski definition) is 0. The molecule has 0 aliphatic carbocycles. The molecule has 0 saturated carbocycles. The van der Waals surface area contributed by atoms with Crippen LogP contribution in [0.1, 0.15) is 66.9 Å². The molecular formula is C28H39FN2O4. The topological polar surface area (TPSA) is 68.7 Å². The number of anilines is 1. The Labute approximate surface area is 208 Å². The standard InChI is InChI=1S/C26H33FN2O4.C2H6/c1-6-19-10-8-16-28-23(19)11-9-17-29(25(31)33-26(3,4)5)21-14-12-20(22(27)18-21)13-15-24(30)32-7-2;1-2/h6,8,10-12,14,16,18H,7,9,13,15,17H2,1-5H3;1-2H3/b19-6-,23-11+;. The first kappa shape index (κ1) is 29.8. The minimum Gasteiger partial charge on any atom is -0.466 e. The van der Waals surface area contributed by atoms with Crippen LogP contribution < -0.4 is 15.5 Å². The first-order valence-corrected chi connectivity index (χ1v) is 12.2. The lowest BCUT2D eigenvalue weighted by atomic mass is 10.1. The second-order valence-electron chi connectivity index (χ2n) is 8.47.